The summed E-state index contributed by atoms with van der Waals surface area (Å²) in [6, 6.07) is 12.4. The Hall–Kier alpha value is -3.55. The largest absolute Gasteiger partial charge is 0.493 e. The molecule has 2 aliphatic heterocycles. The number of nitrogens with one attached hydrogen (secondary N) is 1. The van der Waals surface area contributed by atoms with E-state index in [0.29, 0.717) is 30.7 Å². The van der Waals surface area contributed by atoms with Crippen molar-refractivity contribution in [2.75, 3.05) is 20.8 Å². The maximum absolute atomic E-state index is 12.9. The van der Waals surface area contributed by atoms with Crippen molar-refractivity contribution in [2.45, 2.75) is 31.5 Å². The lowest BCUT2D eigenvalue weighted by molar-refractivity contribution is -0.145. The van der Waals surface area contributed by atoms with Crippen LogP contribution in [0.25, 0.3) is 0 Å². The minimum absolute atomic E-state index is 0.216. The highest BCUT2D eigenvalue weighted by molar-refractivity contribution is 5.99. The number of cyclic esters (lactones) is 1. The Morgan fingerprint density at radius 2 is 1.90 bits per heavy atom. The molecule has 8 nitrogen and oxygen atoms in total. The summed E-state index contributed by atoms with van der Waals surface area (Å²) in [4.78, 5) is 39.5. The Balaban J connectivity index is 1.53. The van der Waals surface area contributed by atoms with Gasteiger partial charge in [-0.2, -0.15) is 0 Å². The Morgan fingerprint density at radius 1 is 1.13 bits per heavy atom. The van der Waals surface area contributed by atoms with Crippen LogP contribution >= 0.6 is 0 Å². The second-order valence-electron chi connectivity index (χ2n) is 7.41. The van der Waals surface area contributed by atoms with Gasteiger partial charge in [0.15, 0.2) is 11.5 Å². The van der Waals surface area contributed by atoms with E-state index in [1.807, 2.05) is 30.3 Å². The lowest BCUT2D eigenvalue weighted by atomic mass is 10.1. The normalized spacial score (nSPS) is 19.7. The fourth-order valence-corrected chi connectivity index (χ4v) is 4.14. The van der Waals surface area contributed by atoms with E-state index in [2.05, 4.69) is 5.32 Å². The first kappa shape index (κ1) is 20.7. The van der Waals surface area contributed by atoms with Gasteiger partial charge in [-0.05, 0) is 30.5 Å². The lowest BCUT2D eigenvalue weighted by Gasteiger charge is -2.29. The second-order valence-corrected chi connectivity index (χ2v) is 7.41. The molecule has 2 aliphatic rings. The van der Waals surface area contributed by atoms with Gasteiger partial charge in [0.2, 0.25) is 18.0 Å². The van der Waals surface area contributed by atoms with Gasteiger partial charge in [0.1, 0.15) is 11.6 Å². The Labute approximate surface area is 180 Å². The zero-order valence-corrected chi connectivity index (χ0v) is 17.4. The predicted molar refractivity (Wildman–Crippen MR) is 111 cm³/mol. The van der Waals surface area contributed by atoms with Crippen molar-refractivity contribution >= 4 is 17.8 Å². The minimum Gasteiger partial charge on any atom is -0.493 e. The number of hydrogen-bond acceptors (Lipinski definition) is 6. The number of esters is 1. The fourth-order valence-electron chi connectivity index (χ4n) is 4.14. The Bertz CT molecular complexity index is 1010. The highest BCUT2D eigenvalue weighted by Crippen LogP contribution is 2.45. The van der Waals surface area contributed by atoms with E-state index >= 15 is 0 Å². The number of amides is 2. The van der Waals surface area contributed by atoms with E-state index < -0.39 is 18.2 Å². The monoisotopic (exact) mass is 424 g/mol. The first-order valence-corrected chi connectivity index (χ1v) is 10.1. The summed E-state index contributed by atoms with van der Waals surface area (Å²) in [5, 5.41) is 2.91. The predicted octanol–water partition coefficient (Wildman–Crippen LogP) is 2.22. The third-order valence-corrected chi connectivity index (χ3v) is 5.63. The van der Waals surface area contributed by atoms with E-state index in [1.165, 1.54) is 19.1 Å². The second kappa shape index (κ2) is 8.67. The fraction of sp³-hybridized carbons (Fsp3) is 0.348. The van der Waals surface area contributed by atoms with Crippen molar-refractivity contribution in [3.8, 4) is 11.5 Å². The molecule has 0 aromatic heterocycles. The number of hydrogen-bond donors (Lipinski definition) is 1. The lowest BCUT2D eigenvalue weighted by Crippen LogP contribution is -2.46. The van der Waals surface area contributed by atoms with Crippen LogP contribution in [0, 0.1) is 0 Å². The molecule has 0 radical (unpaired) electrons. The van der Waals surface area contributed by atoms with E-state index in [0.717, 1.165) is 5.56 Å². The molecule has 2 amide bonds. The average molecular weight is 424 g/mol. The van der Waals surface area contributed by atoms with E-state index in [-0.39, 0.29) is 29.5 Å². The quantitative estimate of drug-likeness (QED) is 0.685. The SMILES string of the molecule is COc1ccc2c(c1OC)C(=O)O[C@H]2N1C(=O)CC[C@H]1C(=O)NCCc1ccccc1. The first-order chi connectivity index (χ1) is 15.0. The van der Waals surface area contributed by atoms with Crippen LogP contribution < -0.4 is 14.8 Å². The molecule has 0 bridgehead atoms. The van der Waals surface area contributed by atoms with Crippen LogP contribution in [0.5, 0.6) is 11.5 Å². The number of methoxy groups -OCH3 is 2. The number of fused-ring (bicyclic) bond motifs is 1. The number of carbonyl (C=O) groups is 3. The van der Waals surface area contributed by atoms with Crippen molar-refractivity contribution in [2.24, 2.45) is 0 Å². The summed E-state index contributed by atoms with van der Waals surface area (Å²) in [7, 11) is 2.91. The van der Waals surface area contributed by atoms with Crippen LogP contribution in [-0.4, -0.2) is 49.5 Å². The van der Waals surface area contributed by atoms with Crippen LogP contribution in [0.4, 0.5) is 0 Å². The van der Waals surface area contributed by atoms with Crippen LogP contribution in [0.15, 0.2) is 42.5 Å². The van der Waals surface area contributed by atoms with Gasteiger partial charge >= 0.3 is 5.97 Å². The molecule has 1 saturated heterocycles. The maximum Gasteiger partial charge on any atom is 0.344 e. The molecule has 0 aliphatic carbocycles. The summed E-state index contributed by atoms with van der Waals surface area (Å²) in [6.45, 7) is 0.452. The van der Waals surface area contributed by atoms with Gasteiger partial charge < -0.3 is 19.5 Å². The van der Waals surface area contributed by atoms with Crippen molar-refractivity contribution in [3.05, 3.63) is 59.2 Å². The molecule has 2 heterocycles. The van der Waals surface area contributed by atoms with E-state index in [4.69, 9.17) is 14.2 Å². The van der Waals surface area contributed by atoms with Gasteiger partial charge in [0.25, 0.3) is 0 Å². The van der Waals surface area contributed by atoms with Crippen molar-refractivity contribution in [1.82, 2.24) is 10.2 Å². The molecule has 2 aromatic rings. The van der Waals surface area contributed by atoms with Crippen molar-refractivity contribution in [3.63, 3.8) is 0 Å². The third kappa shape index (κ3) is 3.81. The molecule has 0 unspecified atom stereocenters. The molecule has 2 atom stereocenters. The van der Waals surface area contributed by atoms with Gasteiger partial charge in [0, 0.05) is 18.5 Å². The standard InChI is InChI=1S/C23H24N2O6/c1-29-17-10-8-15-19(20(17)30-2)23(28)31-22(15)25-16(9-11-18(25)26)21(27)24-13-12-14-6-4-3-5-7-14/h3-8,10,16,22H,9,11-13H2,1-2H3,(H,24,27)/t16-,22+/m0/s1. The Morgan fingerprint density at radius 3 is 2.61 bits per heavy atom. The molecule has 31 heavy (non-hydrogen) atoms. The molecule has 0 spiro atoms. The number of likely N-dealkylation sites (tertiary alicyclic amines) is 1. The molecule has 0 saturated carbocycles. The molecule has 162 valence electrons. The highest BCUT2D eigenvalue weighted by atomic mass is 16.6. The van der Waals surface area contributed by atoms with Gasteiger partial charge in [-0.15, -0.1) is 0 Å². The third-order valence-electron chi connectivity index (χ3n) is 5.63. The number of nitrogens with zero attached hydrogens (tertiary/aromatic N) is 1. The summed E-state index contributed by atoms with van der Waals surface area (Å²) in [5.41, 5.74) is 1.82. The summed E-state index contributed by atoms with van der Waals surface area (Å²) in [5.74, 6) is -0.459. The molecule has 1 N–H and O–H groups in total. The van der Waals surface area contributed by atoms with Crippen molar-refractivity contribution in [1.29, 1.82) is 0 Å². The Kier molecular flexibility index (Phi) is 5.79. The maximum atomic E-state index is 12.9. The van der Waals surface area contributed by atoms with Gasteiger partial charge in [-0.25, -0.2) is 4.79 Å². The van der Waals surface area contributed by atoms with E-state index in [9.17, 15) is 14.4 Å². The summed E-state index contributed by atoms with van der Waals surface area (Å²) >= 11 is 0. The first-order valence-electron chi connectivity index (χ1n) is 10.1. The van der Waals surface area contributed by atoms with Gasteiger partial charge in [0.05, 0.1) is 14.2 Å². The number of ether oxygens (including phenoxy) is 3. The van der Waals surface area contributed by atoms with Crippen LogP contribution in [0.3, 0.4) is 0 Å². The highest BCUT2D eigenvalue weighted by Gasteiger charge is 2.47. The topological polar surface area (TPSA) is 94.2 Å². The van der Waals surface area contributed by atoms with Crippen molar-refractivity contribution < 1.29 is 28.6 Å². The van der Waals surface area contributed by atoms with E-state index in [1.54, 1.807) is 12.1 Å². The van der Waals surface area contributed by atoms with Crippen LogP contribution in [-0.2, 0) is 20.7 Å². The summed E-state index contributed by atoms with van der Waals surface area (Å²) in [6.07, 6.45) is 0.299. The molecule has 1 fully saturated rings. The summed E-state index contributed by atoms with van der Waals surface area (Å²) < 4.78 is 16.1. The number of rotatable bonds is 7. The number of carbonyl (C=O) groups excluding carboxylic acids is 3. The zero-order chi connectivity index (χ0) is 22.0. The molecule has 4 rings (SSSR count). The molecular formula is C23H24N2O6. The average Bonchev–Trinajstić information content (AvgIpc) is 3.33. The van der Waals surface area contributed by atoms with Crippen LogP contribution in [0.2, 0.25) is 0 Å². The molecule has 2 aromatic carbocycles. The minimum atomic E-state index is -0.970. The zero-order valence-electron chi connectivity index (χ0n) is 17.4. The van der Waals surface area contributed by atoms with Gasteiger partial charge in [-0.3, -0.25) is 14.5 Å². The van der Waals surface area contributed by atoms with Gasteiger partial charge in [-0.1, -0.05) is 30.3 Å². The number of benzene rings is 2. The smallest absolute Gasteiger partial charge is 0.344 e. The molecular weight excluding hydrogens is 400 g/mol. The molecule has 8 heteroatoms. The van der Waals surface area contributed by atoms with Crippen LogP contribution in [0.1, 0.15) is 40.6 Å².